The molecule has 2 aliphatic carbocycles. The van der Waals surface area contributed by atoms with Crippen LogP contribution in [0.2, 0.25) is 0 Å². The van der Waals surface area contributed by atoms with E-state index in [1.165, 1.54) is 24.8 Å². The fourth-order valence-corrected chi connectivity index (χ4v) is 3.55. The molecule has 0 N–H and O–H groups in total. The monoisotopic (exact) mass is 298 g/mol. The third kappa shape index (κ3) is 2.84. The Kier molecular flexibility index (Phi) is 4.12. The minimum atomic E-state index is -0.192. The normalized spacial score (nSPS) is 27.4. The van der Waals surface area contributed by atoms with Crippen molar-refractivity contribution in [3.63, 3.8) is 0 Å². The summed E-state index contributed by atoms with van der Waals surface area (Å²) in [6.45, 7) is 6.92. The quantitative estimate of drug-likeness (QED) is 0.579. The van der Waals surface area contributed by atoms with Gasteiger partial charge in [0.25, 0.3) is 0 Å². The molecule has 118 valence electrons. The molecule has 2 aliphatic rings. The van der Waals surface area contributed by atoms with Crippen LogP contribution >= 0.6 is 0 Å². The van der Waals surface area contributed by atoms with Gasteiger partial charge in [-0.1, -0.05) is 45.1 Å². The standard InChI is InChI=1S/C20H26O2/c1-14(2)15(3)13-22-19(21)17-5-4-6-18(11-17)20-9-7-16(12-20)8-10-20/h4-7,9,11,14-16H,8,10,12-13H2,1-3H3. The van der Waals surface area contributed by atoms with E-state index < -0.39 is 0 Å². The largest absolute Gasteiger partial charge is 0.462 e. The van der Waals surface area contributed by atoms with Gasteiger partial charge in [0.1, 0.15) is 0 Å². The third-order valence-corrected chi connectivity index (χ3v) is 5.56. The fraction of sp³-hybridized carbons (Fsp3) is 0.550. The second-order valence-electron chi connectivity index (χ2n) is 7.42. The van der Waals surface area contributed by atoms with Crippen molar-refractivity contribution in [3.8, 4) is 0 Å². The van der Waals surface area contributed by atoms with Crippen molar-refractivity contribution in [3.05, 3.63) is 47.5 Å². The van der Waals surface area contributed by atoms with E-state index >= 15 is 0 Å². The summed E-state index contributed by atoms with van der Waals surface area (Å²) in [6.07, 6.45) is 8.38. The second kappa shape index (κ2) is 5.91. The molecule has 22 heavy (non-hydrogen) atoms. The zero-order valence-corrected chi connectivity index (χ0v) is 13.8. The van der Waals surface area contributed by atoms with Gasteiger partial charge in [-0.2, -0.15) is 0 Å². The Hall–Kier alpha value is -1.57. The number of rotatable bonds is 5. The number of esters is 1. The average molecular weight is 298 g/mol. The smallest absolute Gasteiger partial charge is 0.338 e. The molecule has 2 nitrogen and oxygen atoms in total. The zero-order valence-electron chi connectivity index (χ0n) is 13.8. The van der Waals surface area contributed by atoms with E-state index in [1.807, 2.05) is 18.2 Å². The maximum Gasteiger partial charge on any atom is 0.338 e. The highest BCUT2D eigenvalue weighted by atomic mass is 16.5. The lowest BCUT2D eigenvalue weighted by Crippen LogP contribution is -2.19. The Morgan fingerprint density at radius 2 is 2.18 bits per heavy atom. The van der Waals surface area contributed by atoms with E-state index in [9.17, 15) is 4.79 Å². The van der Waals surface area contributed by atoms with E-state index in [2.05, 4.69) is 39.0 Å². The summed E-state index contributed by atoms with van der Waals surface area (Å²) >= 11 is 0. The highest BCUT2D eigenvalue weighted by Gasteiger charge is 2.41. The first-order valence-electron chi connectivity index (χ1n) is 8.47. The Morgan fingerprint density at radius 3 is 2.77 bits per heavy atom. The summed E-state index contributed by atoms with van der Waals surface area (Å²) in [5.41, 5.74) is 2.13. The third-order valence-electron chi connectivity index (χ3n) is 5.56. The van der Waals surface area contributed by atoms with Crippen LogP contribution in [-0.4, -0.2) is 12.6 Å². The van der Waals surface area contributed by atoms with Gasteiger partial charge in [-0.05, 0) is 54.7 Å². The van der Waals surface area contributed by atoms with E-state index in [0.29, 0.717) is 24.0 Å². The molecule has 0 aromatic heterocycles. The average Bonchev–Trinajstić information content (AvgIpc) is 3.14. The van der Waals surface area contributed by atoms with Crippen LogP contribution in [0.25, 0.3) is 0 Å². The van der Waals surface area contributed by atoms with Crippen LogP contribution in [0.15, 0.2) is 36.4 Å². The van der Waals surface area contributed by atoms with Crippen LogP contribution in [0, 0.1) is 17.8 Å². The molecule has 2 heteroatoms. The molecule has 0 aliphatic heterocycles. The van der Waals surface area contributed by atoms with Crippen molar-refractivity contribution in [1.82, 2.24) is 0 Å². The molecule has 0 spiro atoms. The first-order chi connectivity index (χ1) is 10.5. The lowest BCUT2D eigenvalue weighted by molar-refractivity contribution is 0.0419. The van der Waals surface area contributed by atoms with Crippen LogP contribution in [-0.2, 0) is 10.2 Å². The van der Waals surface area contributed by atoms with Crippen LogP contribution in [0.5, 0.6) is 0 Å². The maximum atomic E-state index is 12.3. The maximum absolute atomic E-state index is 12.3. The predicted molar refractivity (Wildman–Crippen MR) is 88.9 cm³/mol. The number of ether oxygens (including phenoxy) is 1. The van der Waals surface area contributed by atoms with Crippen molar-refractivity contribution in [1.29, 1.82) is 0 Å². The highest BCUT2D eigenvalue weighted by molar-refractivity contribution is 5.89. The number of carbonyl (C=O) groups excluding carboxylic acids is 1. The van der Waals surface area contributed by atoms with Gasteiger partial charge in [0.15, 0.2) is 0 Å². The summed E-state index contributed by atoms with van der Waals surface area (Å²) in [5.74, 6) is 1.46. The van der Waals surface area contributed by atoms with Crippen molar-refractivity contribution in [2.24, 2.45) is 17.8 Å². The lowest BCUT2D eigenvalue weighted by Gasteiger charge is -2.24. The zero-order chi connectivity index (χ0) is 15.7. The molecule has 3 unspecified atom stereocenters. The van der Waals surface area contributed by atoms with Crippen molar-refractivity contribution < 1.29 is 9.53 Å². The molecule has 0 saturated heterocycles. The van der Waals surface area contributed by atoms with Crippen LogP contribution in [0.3, 0.4) is 0 Å². The molecule has 3 rings (SSSR count). The molecular weight excluding hydrogens is 272 g/mol. The minimum Gasteiger partial charge on any atom is -0.462 e. The summed E-state index contributed by atoms with van der Waals surface area (Å²) < 4.78 is 5.49. The first-order valence-corrected chi connectivity index (χ1v) is 8.47. The SMILES string of the molecule is CC(C)C(C)COC(=O)c1cccc(C23C=CC(CC2)C3)c1. The molecule has 1 aromatic carbocycles. The molecule has 2 bridgehead atoms. The fourth-order valence-electron chi connectivity index (χ4n) is 3.55. The van der Waals surface area contributed by atoms with Crippen molar-refractivity contribution >= 4 is 5.97 Å². The molecule has 3 atom stereocenters. The number of fused-ring (bicyclic) bond motifs is 2. The summed E-state index contributed by atoms with van der Waals surface area (Å²) in [5, 5.41) is 0. The van der Waals surface area contributed by atoms with Gasteiger partial charge in [0.05, 0.1) is 12.2 Å². The molecule has 0 amide bonds. The number of hydrogen-bond acceptors (Lipinski definition) is 2. The molecule has 0 heterocycles. The number of allylic oxidation sites excluding steroid dienone is 2. The van der Waals surface area contributed by atoms with Gasteiger partial charge in [0.2, 0.25) is 0 Å². The van der Waals surface area contributed by atoms with Gasteiger partial charge in [-0.3, -0.25) is 0 Å². The summed E-state index contributed by atoms with van der Waals surface area (Å²) in [6, 6.07) is 8.06. The Labute approximate surface area is 133 Å². The Morgan fingerprint density at radius 1 is 1.36 bits per heavy atom. The van der Waals surface area contributed by atoms with Gasteiger partial charge in [0, 0.05) is 5.41 Å². The van der Waals surface area contributed by atoms with Gasteiger partial charge in [-0.25, -0.2) is 4.79 Å². The van der Waals surface area contributed by atoms with Crippen LogP contribution < -0.4 is 0 Å². The molecule has 1 saturated carbocycles. The van der Waals surface area contributed by atoms with Crippen molar-refractivity contribution in [2.75, 3.05) is 6.61 Å². The highest BCUT2D eigenvalue weighted by Crippen LogP contribution is 2.50. The van der Waals surface area contributed by atoms with E-state index in [1.54, 1.807) is 0 Å². The minimum absolute atomic E-state index is 0.173. The lowest BCUT2D eigenvalue weighted by atomic mass is 9.80. The van der Waals surface area contributed by atoms with E-state index in [4.69, 9.17) is 4.74 Å². The van der Waals surface area contributed by atoms with Crippen LogP contribution in [0.4, 0.5) is 0 Å². The number of carbonyl (C=O) groups is 1. The van der Waals surface area contributed by atoms with Gasteiger partial charge in [-0.15, -0.1) is 0 Å². The van der Waals surface area contributed by atoms with Crippen molar-refractivity contribution in [2.45, 2.75) is 45.4 Å². The van der Waals surface area contributed by atoms with Gasteiger partial charge >= 0.3 is 5.97 Å². The topological polar surface area (TPSA) is 26.3 Å². The molecule has 1 aromatic rings. The number of benzene rings is 1. The second-order valence-corrected chi connectivity index (χ2v) is 7.42. The van der Waals surface area contributed by atoms with E-state index in [-0.39, 0.29) is 11.4 Å². The molecule has 1 fully saturated rings. The van der Waals surface area contributed by atoms with Crippen LogP contribution in [0.1, 0.15) is 56.0 Å². The Balaban J connectivity index is 1.72. The number of hydrogen-bond donors (Lipinski definition) is 0. The molecule has 0 radical (unpaired) electrons. The van der Waals surface area contributed by atoms with Gasteiger partial charge < -0.3 is 4.74 Å². The Bertz CT molecular complexity index is 587. The summed E-state index contributed by atoms with van der Waals surface area (Å²) in [7, 11) is 0. The predicted octanol–water partition coefficient (Wildman–Crippen LogP) is 4.74. The van der Waals surface area contributed by atoms with E-state index in [0.717, 1.165) is 5.92 Å². The molecular formula is C20H26O2. The first kappa shape index (κ1) is 15.3. The summed E-state index contributed by atoms with van der Waals surface area (Å²) in [4.78, 5) is 12.3.